The zero-order chi connectivity index (χ0) is 17.2. The average Bonchev–Trinajstić information content (AvgIpc) is 3.16. The van der Waals surface area contributed by atoms with Gasteiger partial charge < -0.3 is 10.1 Å². The van der Waals surface area contributed by atoms with E-state index in [1.165, 1.54) is 22.8 Å². The summed E-state index contributed by atoms with van der Waals surface area (Å²) in [7, 11) is -1.75. The lowest BCUT2D eigenvalue weighted by molar-refractivity contribution is -0.115. The van der Waals surface area contributed by atoms with Crippen molar-refractivity contribution < 1.29 is 17.9 Å². The van der Waals surface area contributed by atoms with Gasteiger partial charge in [0, 0.05) is 11.4 Å². The highest BCUT2D eigenvalue weighted by Gasteiger charge is 2.29. The Morgan fingerprint density at radius 3 is 2.83 bits per heavy atom. The van der Waals surface area contributed by atoms with E-state index in [0.717, 1.165) is 4.88 Å². The minimum Gasteiger partial charge on any atom is -0.495 e. The maximum absolute atomic E-state index is 12.2. The molecule has 0 unspecified atom stereocenters. The van der Waals surface area contributed by atoms with Gasteiger partial charge in [0.05, 0.1) is 30.7 Å². The highest BCUT2D eigenvalue weighted by molar-refractivity contribution is 7.93. The third kappa shape index (κ3) is 3.54. The number of anilines is 2. The van der Waals surface area contributed by atoms with E-state index in [2.05, 4.69) is 5.32 Å². The van der Waals surface area contributed by atoms with Crippen LogP contribution in [0.4, 0.5) is 11.4 Å². The van der Waals surface area contributed by atoms with Crippen molar-refractivity contribution >= 4 is 38.6 Å². The lowest BCUT2D eigenvalue weighted by Gasteiger charge is -2.19. The van der Waals surface area contributed by atoms with Crippen LogP contribution in [0.25, 0.3) is 0 Å². The molecule has 1 aliphatic heterocycles. The Hall–Kier alpha value is -2.06. The number of thiophene rings is 1. The van der Waals surface area contributed by atoms with E-state index in [1.807, 2.05) is 17.5 Å². The van der Waals surface area contributed by atoms with Gasteiger partial charge in [-0.05, 0) is 36.1 Å². The van der Waals surface area contributed by atoms with Crippen molar-refractivity contribution in [1.29, 1.82) is 0 Å². The number of amides is 1. The molecule has 0 bridgehead atoms. The van der Waals surface area contributed by atoms with Crippen molar-refractivity contribution in [1.82, 2.24) is 0 Å². The molecule has 1 N–H and O–H groups in total. The first kappa shape index (κ1) is 16.8. The Bertz CT molecular complexity index is 832. The van der Waals surface area contributed by atoms with Crippen molar-refractivity contribution in [3.05, 3.63) is 40.6 Å². The topological polar surface area (TPSA) is 75.7 Å². The summed E-state index contributed by atoms with van der Waals surface area (Å²) in [6, 6.07) is 8.80. The van der Waals surface area contributed by atoms with E-state index in [4.69, 9.17) is 4.74 Å². The summed E-state index contributed by atoms with van der Waals surface area (Å²) >= 11 is 1.52. The van der Waals surface area contributed by atoms with Gasteiger partial charge in [0.25, 0.3) is 0 Å². The summed E-state index contributed by atoms with van der Waals surface area (Å²) in [6.07, 6.45) is 0.876. The summed E-state index contributed by atoms with van der Waals surface area (Å²) < 4.78 is 30.8. The van der Waals surface area contributed by atoms with Gasteiger partial charge in [0.1, 0.15) is 5.75 Å². The summed E-state index contributed by atoms with van der Waals surface area (Å²) in [6.45, 7) is 0.456. The molecule has 1 amide bonds. The van der Waals surface area contributed by atoms with Gasteiger partial charge in [0.15, 0.2) is 0 Å². The second kappa shape index (κ2) is 6.82. The molecule has 0 aliphatic carbocycles. The third-order valence-corrected chi connectivity index (χ3v) is 6.51. The van der Waals surface area contributed by atoms with E-state index in [1.54, 1.807) is 18.2 Å². The van der Waals surface area contributed by atoms with E-state index < -0.39 is 10.0 Å². The van der Waals surface area contributed by atoms with Crippen LogP contribution in [-0.4, -0.2) is 33.7 Å². The molecule has 128 valence electrons. The van der Waals surface area contributed by atoms with Gasteiger partial charge in [-0.15, -0.1) is 11.3 Å². The van der Waals surface area contributed by atoms with Gasteiger partial charge in [-0.25, -0.2) is 8.42 Å². The Morgan fingerprint density at radius 2 is 2.21 bits per heavy atom. The predicted octanol–water partition coefficient (Wildman–Crippen LogP) is 2.48. The Kier molecular flexibility index (Phi) is 4.77. The largest absolute Gasteiger partial charge is 0.495 e. The van der Waals surface area contributed by atoms with Crippen LogP contribution in [-0.2, 0) is 21.2 Å². The van der Waals surface area contributed by atoms with E-state index in [0.29, 0.717) is 30.1 Å². The number of nitrogens with one attached hydrogen (secondary N) is 1. The lowest BCUT2D eigenvalue weighted by Crippen LogP contribution is -2.25. The Balaban J connectivity index is 1.83. The highest BCUT2D eigenvalue weighted by atomic mass is 32.2. The smallest absolute Gasteiger partial charge is 0.235 e. The molecule has 8 heteroatoms. The van der Waals surface area contributed by atoms with Crippen LogP contribution in [0.2, 0.25) is 0 Å². The molecule has 1 aromatic carbocycles. The molecule has 1 saturated heterocycles. The minimum absolute atomic E-state index is 0.152. The molecule has 0 saturated carbocycles. The lowest BCUT2D eigenvalue weighted by atomic mass is 10.2. The van der Waals surface area contributed by atoms with Crippen molar-refractivity contribution in [2.75, 3.05) is 29.0 Å². The van der Waals surface area contributed by atoms with Crippen LogP contribution in [0.3, 0.4) is 0 Å². The zero-order valence-electron chi connectivity index (χ0n) is 13.2. The van der Waals surface area contributed by atoms with Crippen molar-refractivity contribution in [3.63, 3.8) is 0 Å². The second-order valence-electron chi connectivity index (χ2n) is 5.43. The number of sulfonamides is 1. The number of carbonyl (C=O) groups is 1. The molecule has 6 nitrogen and oxygen atoms in total. The molecule has 0 spiro atoms. The maximum Gasteiger partial charge on any atom is 0.235 e. The molecule has 0 atom stereocenters. The Morgan fingerprint density at radius 1 is 1.38 bits per heavy atom. The first-order chi connectivity index (χ1) is 11.5. The number of hydrogen-bond donors (Lipinski definition) is 1. The molecule has 24 heavy (non-hydrogen) atoms. The quantitative estimate of drug-likeness (QED) is 0.882. The highest BCUT2D eigenvalue weighted by Crippen LogP contribution is 2.32. The molecule has 3 rings (SSSR count). The average molecular weight is 366 g/mol. The fraction of sp³-hybridized carbons (Fsp3) is 0.312. The number of benzene rings is 1. The molecule has 1 fully saturated rings. The summed E-state index contributed by atoms with van der Waals surface area (Å²) in [4.78, 5) is 13.2. The van der Waals surface area contributed by atoms with Crippen LogP contribution in [0.15, 0.2) is 35.7 Å². The molecule has 1 aliphatic rings. The summed E-state index contributed by atoms with van der Waals surface area (Å²) in [5, 5.41) is 4.73. The van der Waals surface area contributed by atoms with Crippen LogP contribution in [0, 0.1) is 0 Å². The summed E-state index contributed by atoms with van der Waals surface area (Å²) in [5.74, 6) is 0.478. The Labute approximate surface area is 145 Å². The zero-order valence-corrected chi connectivity index (χ0v) is 14.8. The molecule has 0 radical (unpaired) electrons. The van der Waals surface area contributed by atoms with Crippen LogP contribution in [0.5, 0.6) is 5.75 Å². The number of carbonyl (C=O) groups excluding carboxylic acids is 1. The first-order valence-corrected chi connectivity index (χ1v) is 9.99. The SMILES string of the molecule is COc1ccc(N2CCCS2(=O)=O)cc1NC(=O)Cc1cccs1. The van der Waals surface area contributed by atoms with Gasteiger partial charge in [-0.2, -0.15) is 0 Å². The molecule has 2 heterocycles. The number of hydrogen-bond acceptors (Lipinski definition) is 5. The molecular formula is C16H18N2O4S2. The van der Waals surface area contributed by atoms with E-state index >= 15 is 0 Å². The van der Waals surface area contributed by atoms with Crippen LogP contribution >= 0.6 is 11.3 Å². The van der Waals surface area contributed by atoms with Crippen LogP contribution in [0.1, 0.15) is 11.3 Å². The normalized spacial score (nSPS) is 16.1. The number of rotatable bonds is 5. The monoisotopic (exact) mass is 366 g/mol. The van der Waals surface area contributed by atoms with Gasteiger partial charge in [-0.3, -0.25) is 9.10 Å². The van der Waals surface area contributed by atoms with Crippen molar-refractivity contribution in [3.8, 4) is 5.75 Å². The van der Waals surface area contributed by atoms with Crippen LogP contribution < -0.4 is 14.4 Å². The maximum atomic E-state index is 12.2. The first-order valence-electron chi connectivity index (χ1n) is 7.50. The van der Waals surface area contributed by atoms with E-state index in [9.17, 15) is 13.2 Å². The summed E-state index contributed by atoms with van der Waals surface area (Å²) in [5.41, 5.74) is 1.01. The molecular weight excluding hydrogens is 348 g/mol. The minimum atomic E-state index is -3.26. The predicted molar refractivity (Wildman–Crippen MR) is 95.4 cm³/mol. The number of ether oxygens (including phenoxy) is 1. The molecule has 2 aromatic rings. The fourth-order valence-electron chi connectivity index (χ4n) is 2.64. The van der Waals surface area contributed by atoms with Crippen molar-refractivity contribution in [2.45, 2.75) is 12.8 Å². The third-order valence-electron chi connectivity index (χ3n) is 3.76. The molecule has 1 aromatic heterocycles. The second-order valence-corrected chi connectivity index (χ2v) is 8.48. The number of methoxy groups -OCH3 is 1. The van der Waals surface area contributed by atoms with Crippen molar-refractivity contribution in [2.24, 2.45) is 0 Å². The number of nitrogens with zero attached hydrogens (tertiary/aromatic N) is 1. The van der Waals surface area contributed by atoms with Gasteiger partial charge in [-0.1, -0.05) is 6.07 Å². The van der Waals surface area contributed by atoms with E-state index in [-0.39, 0.29) is 18.1 Å². The van der Waals surface area contributed by atoms with Gasteiger partial charge >= 0.3 is 0 Å². The fourth-order valence-corrected chi connectivity index (χ4v) is 4.90. The standard InChI is InChI=1S/C16H18N2O4S2/c1-22-15-6-5-12(18-7-3-9-24(18,20)21)10-14(15)17-16(19)11-13-4-2-8-23-13/h2,4-6,8,10H,3,7,9,11H2,1H3,(H,17,19). The van der Waals surface area contributed by atoms with Gasteiger partial charge in [0.2, 0.25) is 15.9 Å².